The van der Waals surface area contributed by atoms with Crippen molar-refractivity contribution in [2.45, 2.75) is 12.8 Å². The van der Waals surface area contributed by atoms with Crippen LogP contribution in [0.5, 0.6) is 0 Å². The van der Waals surface area contributed by atoms with Crippen LogP contribution in [0.1, 0.15) is 12.8 Å². The molecule has 0 atom stereocenters. The molecule has 0 aliphatic carbocycles. The van der Waals surface area contributed by atoms with Gasteiger partial charge in [-0.25, -0.2) is 0 Å². The fourth-order valence-corrected chi connectivity index (χ4v) is 3.26. The molecular formula is C16H18BrN3O. The lowest BCUT2D eigenvalue weighted by Crippen LogP contribution is -2.34. The maximum Gasteiger partial charge on any atom is 0.222 e. The van der Waals surface area contributed by atoms with Gasteiger partial charge in [-0.2, -0.15) is 0 Å². The van der Waals surface area contributed by atoms with Crippen LogP contribution in [-0.2, 0) is 4.79 Å². The number of carbonyl (C=O) groups is 1. The lowest BCUT2D eigenvalue weighted by atomic mass is 10.2. The summed E-state index contributed by atoms with van der Waals surface area (Å²) in [4.78, 5) is 20.3. The summed E-state index contributed by atoms with van der Waals surface area (Å²) in [5.41, 5.74) is 2.12. The highest BCUT2D eigenvalue weighted by atomic mass is 79.9. The first-order chi connectivity index (χ1) is 10.2. The smallest absolute Gasteiger partial charge is 0.222 e. The Hall–Kier alpha value is -1.62. The summed E-state index contributed by atoms with van der Waals surface area (Å²) in [6.07, 6.45) is 3.53. The van der Waals surface area contributed by atoms with E-state index in [9.17, 15) is 4.79 Å². The second-order valence-electron chi connectivity index (χ2n) is 5.37. The molecular weight excluding hydrogens is 330 g/mol. The summed E-state index contributed by atoms with van der Waals surface area (Å²) in [5, 5.41) is 1.13. The molecule has 0 N–H and O–H groups in total. The van der Waals surface area contributed by atoms with Crippen LogP contribution in [0.4, 0.5) is 5.69 Å². The molecule has 1 aromatic carbocycles. The molecule has 0 bridgehead atoms. The Morgan fingerprint density at radius 2 is 2.24 bits per heavy atom. The zero-order valence-electron chi connectivity index (χ0n) is 12.1. The highest BCUT2D eigenvalue weighted by molar-refractivity contribution is 9.10. The highest BCUT2D eigenvalue weighted by Gasteiger charge is 2.20. The number of anilines is 1. The van der Waals surface area contributed by atoms with Gasteiger partial charge in [0.05, 0.1) is 5.52 Å². The minimum atomic E-state index is 0.283. The summed E-state index contributed by atoms with van der Waals surface area (Å²) in [7, 11) is 2.07. The Balaban J connectivity index is 1.80. The Bertz CT molecular complexity index is 674. The first-order valence-electron chi connectivity index (χ1n) is 7.19. The average molecular weight is 348 g/mol. The molecule has 110 valence electrons. The van der Waals surface area contributed by atoms with Gasteiger partial charge in [0.2, 0.25) is 5.91 Å². The van der Waals surface area contributed by atoms with Crippen molar-refractivity contribution >= 4 is 38.4 Å². The number of pyridine rings is 1. The van der Waals surface area contributed by atoms with Crippen LogP contribution in [-0.4, -0.2) is 42.5 Å². The number of hydrogen-bond acceptors (Lipinski definition) is 3. The first kappa shape index (κ1) is 14.3. The molecule has 0 radical (unpaired) electrons. The number of rotatable bonds is 4. The molecule has 1 saturated heterocycles. The lowest BCUT2D eigenvalue weighted by molar-refractivity contribution is -0.127. The van der Waals surface area contributed by atoms with E-state index in [1.54, 1.807) is 0 Å². The zero-order chi connectivity index (χ0) is 14.8. The van der Waals surface area contributed by atoms with Crippen LogP contribution in [0, 0.1) is 0 Å². The molecule has 5 heteroatoms. The molecule has 1 aliphatic rings. The van der Waals surface area contributed by atoms with E-state index in [1.807, 2.05) is 29.3 Å². The summed E-state index contributed by atoms with van der Waals surface area (Å²) in [6, 6.07) is 8.14. The number of nitrogens with zero attached hydrogens (tertiary/aromatic N) is 3. The number of likely N-dealkylation sites (tertiary alicyclic amines) is 1. The van der Waals surface area contributed by atoms with E-state index in [2.05, 4.69) is 38.9 Å². The molecule has 0 saturated carbocycles. The maximum absolute atomic E-state index is 11.7. The molecule has 2 heterocycles. The average Bonchev–Trinajstić information content (AvgIpc) is 2.90. The number of benzene rings is 1. The van der Waals surface area contributed by atoms with Crippen molar-refractivity contribution in [2.24, 2.45) is 0 Å². The number of halogens is 1. The van der Waals surface area contributed by atoms with Crippen LogP contribution in [0.2, 0.25) is 0 Å². The predicted molar refractivity (Wildman–Crippen MR) is 88.5 cm³/mol. The molecule has 2 aromatic rings. The minimum absolute atomic E-state index is 0.283. The fraction of sp³-hybridized carbons (Fsp3) is 0.375. The number of amides is 1. The van der Waals surface area contributed by atoms with Crippen molar-refractivity contribution < 1.29 is 4.79 Å². The lowest BCUT2D eigenvalue weighted by Gasteiger charge is -2.24. The molecule has 1 aromatic heterocycles. The minimum Gasteiger partial charge on any atom is -0.372 e. The number of likely N-dealkylation sites (N-methyl/N-ethyl adjacent to an activating group) is 1. The van der Waals surface area contributed by atoms with Gasteiger partial charge in [-0.3, -0.25) is 9.78 Å². The van der Waals surface area contributed by atoms with Gasteiger partial charge in [0.1, 0.15) is 0 Å². The summed E-state index contributed by atoms with van der Waals surface area (Å²) in [5.74, 6) is 0.283. The number of fused-ring (bicyclic) bond motifs is 1. The van der Waals surface area contributed by atoms with E-state index in [0.717, 1.165) is 47.1 Å². The molecule has 1 amide bonds. The normalized spacial score (nSPS) is 15.0. The SMILES string of the molecule is CN(CCN1CCCC1=O)c1ccnc2c(Br)cccc12. The third-order valence-electron chi connectivity index (χ3n) is 3.99. The second kappa shape index (κ2) is 6.02. The fourth-order valence-electron chi connectivity index (χ4n) is 2.79. The van der Waals surface area contributed by atoms with E-state index >= 15 is 0 Å². The van der Waals surface area contributed by atoms with Gasteiger partial charge < -0.3 is 9.80 Å². The molecule has 4 nitrogen and oxygen atoms in total. The molecule has 0 unspecified atom stereocenters. The number of aromatic nitrogens is 1. The molecule has 3 rings (SSSR count). The molecule has 0 spiro atoms. The van der Waals surface area contributed by atoms with Crippen LogP contribution in [0.3, 0.4) is 0 Å². The van der Waals surface area contributed by atoms with Crippen molar-refractivity contribution in [3.63, 3.8) is 0 Å². The number of para-hydroxylation sites is 1. The van der Waals surface area contributed by atoms with Gasteiger partial charge in [-0.05, 0) is 34.5 Å². The summed E-state index contributed by atoms with van der Waals surface area (Å²) in [6.45, 7) is 2.51. The summed E-state index contributed by atoms with van der Waals surface area (Å²) < 4.78 is 1.00. The van der Waals surface area contributed by atoms with E-state index < -0.39 is 0 Å². The van der Waals surface area contributed by atoms with Crippen LogP contribution < -0.4 is 4.90 Å². The Kier molecular flexibility index (Phi) is 4.10. The highest BCUT2D eigenvalue weighted by Crippen LogP contribution is 2.29. The van der Waals surface area contributed by atoms with Crippen molar-refractivity contribution in [3.8, 4) is 0 Å². The largest absolute Gasteiger partial charge is 0.372 e. The second-order valence-corrected chi connectivity index (χ2v) is 6.23. The van der Waals surface area contributed by atoms with Crippen LogP contribution in [0.15, 0.2) is 34.9 Å². The quantitative estimate of drug-likeness (QED) is 0.852. The Labute approximate surface area is 132 Å². The predicted octanol–water partition coefficient (Wildman–Crippen LogP) is 3.06. The first-order valence-corrected chi connectivity index (χ1v) is 7.98. The monoisotopic (exact) mass is 347 g/mol. The van der Waals surface area contributed by atoms with Crippen LogP contribution >= 0.6 is 15.9 Å². The number of carbonyl (C=O) groups excluding carboxylic acids is 1. The van der Waals surface area contributed by atoms with Crippen LogP contribution in [0.25, 0.3) is 10.9 Å². The third-order valence-corrected chi connectivity index (χ3v) is 4.63. The van der Waals surface area contributed by atoms with Crippen molar-refractivity contribution in [2.75, 3.05) is 31.6 Å². The maximum atomic E-state index is 11.7. The van der Waals surface area contributed by atoms with Crippen molar-refractivity contribution in [1.82, 2.24) is 9.88 Å². The van der Waals surface area contributed by atoms with E-state index in [-0.39, 0.29) is 5.91 Å². The van der Waals surface area contributed by atoms with Gasteiger partial charge in [-0.15, -0.1) is 0 Å². The van der Waals surface area contributed by atoms with E-state index in [0.29, 0.717) is 6.42 Å². The van der Waals surface area contributed by atoms with Gasteiger partial charge in [0.15, 0.2) is 0 Å². The molecule has 1 aliphatic heterocycles. The van der Waals surface area contributed by atoms with Gasteiger partial charge in [-0.1, -0.05) is 12.1 Å². The standard InChI is InChI=1S/C16H18BrN3O/c1-19(10-11-20-9-3-6-15(20)21)14-7-8-18-16-12(14)4-2-5-13(16)17/h2,4-5,7-8H,3,6,9-11H2,1H3. The Morgan fingerprint density at radius 3 is 3.00 bits per heavy atom. The zero-order valence-corrected chi connectivity index (χ0v) is 13.6. The van der Waals surface area contributed by atoms with Gasteiger partial charge in [0.25, 0.3) is 0 Å². The topological polar surface area (TPSA) is 36.4 Å². The van der Waals surface area contributed by atoms with E-state index in [1.165, 1.54) is 0 Å². The van der Waals surface area contributed by atoms with Gasteiger partial charge >= 0.3 is 0 Å². The molecule has 21 heavy (non-hydrogen) atoms. The molecule has 1 fully saturated rings. The number of hydrogen-bond donors (Lipinski definition) is 0. The third kappa shape index (κ3) is 2.88. The van der Waals surface area contributed by atoms with E-state index in [4.69, 9.17) is 0 Å². The van der Waals surface area contributed by atoms with Crippen molar-refractivity contribution in [3.05, 3.63) is 34.9 Å². The van der Waals surface area contributed by atoms with Crippen molar-refractivity contribution in [1.29, 1.82) is 0 Å². The summed E-state index contributed by atoms with van der Waals surface area (Å²) >= 11 is 3.55. The Morgan fingerprint density at radius 1 is 1.38 bits per heavy atom. The van der Waals surface area contributed by atoms with Gasteiger partial charge in [0, 0.05) is 54.8 Å².